The Labute approximate surface area is 71.5 Å². The van der Waals surface area contributed by atoms with Crippen molar-refractivity contribution >= 4 is 5.91 Å². The number of nitrogens with one attached hydrogen (secondary N) is 1. The molecule has 1 saturated heterocycles. The highest BCUT2D eigenvalue weighted by molar-refractivity contribution is 5.79. The minimum Gasteiger partial charge on any atom is -0.393 e. The third kappa shape index (κ3) is 1.32. The Balaban J connectivity index is 1.89. The minimum absolute atomic E-state index is 0.169. The Morgan fingerprint density at radius 3 is 2.83 bits per heavy atom. The predicted molar refractivity (Wildman–Crippen MR) is 43.6 cm³/mol. The number of carbonyl (C=O) groups excluding carboxylic acids is 1. The molecule has 0 aromatic heterocycles. The molecule has 0 unspecified atom stereocenters. The summed E-state index contributed by atoms with van der Waals surface area (Å²) in [5, 5.41) is 12.1. The largest absolute Gasteiger partial charge is 0.393 e. The first-order valence-electron chi connectivity index (χ1n) is 4.45. The Bertz CT molecular complexity index is 189. The van der Waals surface area contributed by atoms with Crippen LogP contribution in [0.15, 0.2) is 0 Å². The summed E-state index contributed by atoms with van der Waals surface area (Å²) in [7, 11) is 0. The van der Waals surface area contributed by atoms with Crippen molar-refractivity contribution in [2.45, 2.75) is 25.0 Å². The molecule has 2 N–H and O–H groups in total. The van der Waals surface area contributed by atoms with Crippen LogP contribution in [0.25, 0.3) is 0 Å². The van der Waals surface area contributed by atoms with Crippen LogP contribution in [0.5, 0.6) is 0 Å². The maximum absolute atomic E-state index is 11.3. The van der Waals surface area contributed by atoms with Crippen molar-refractivity contribution in [2.24, 2.45) is 0 Å². The summed E-state index contributed by atoms with van der Waals surface area (Å²) in [6.45, 7) is 2.15. The minimum atomic E-state index is -0.169. The summed E-state index contributed by atoms with van der Waals surface area (Å²) in [5.41, 5.74) is 0. The van der Waals surface area contributed by atoms with Gasteiger partial charge in [-0.1, -0.05) is 0 Å². The molecule has 0 aromatic rings. The quantitative estimate of drug-likeness (QED) is 0.527. The SMILES string of the molecule is O=C1CNCCN1C1CC(O)C1. The van der Waals surface area contributed by atoms with Crippen LogP contribution in [0.3, 0.4) is 0 Å². The van der Waals surface area contributed by atoms with Crippen LogP contribution >= 0.6 is 0 Å². The highest BCUT2D eigenvalue weighted by Crippen LogP contribution is 2.25. The first-order chi connectivity index (χ1) is 5.77. The van der Waals surface area contributed by atoms with E-state index < -0.39 is 0 Å². The number of aliphatic hydroxyl groups is 1. The fourth-order valence-corrected chi connectivity index (χ4v) is 1.82. The maximum Gasteiger partial charge on any atom is 0.236 e. The summed E-state index contributed by atoms with van der Waals surface area (Å²) in [6.07, 6.45) is 1.37. The number of piperazine rings is 1. The second kappa shape index (κ2) is 3.03. The van der Waals surface area contributed by atoms with Crippen LogP contribution in [0.1, 0.15) is 12.8 Å². The van der Waals surface area contributed by atoms with E-state index in [2.05, 4.69) is 5.32 Å². The smallest absolute Gasteiger partial charge is 0.236 e. The van der Waals surface area contributed by atoms with Gasteiger partial charge in [-0.2, -0.15) is 0 Å². The molecule has 12 heavy (non-hydrogen) atoms. The topological polar surface area (TPSA) is 52.6 Å². The molecule has 1 aliphatic heterocycles. The Hall–Kier alpha value is -0.610. The zero-order valence-electron chi connectivity index (χ0n) is 6.99. The molecule has 0 spiro atoms. The molecule has 68 valence electrons. The van der Waals surface area contributed by atoms with E-state index in [1.807, 2.05) is 4.90 Å². The van der Waals surface area contributed by atoms with Crippen molar-refractivity contribution in [1.82, 2.24) is 10.2 Å². The monoisotopic (exact) mass is 170 g/mol. The van der Waals surface area contributed by atoms with Gasteiger partial charge in [0.05, 0.1) is 12.6 Å². The summed E-state index contributed by atoms with van der Waals surface area (Å²) in [4.78, 5) is 13.2. The number of carbonyl (C=O) groups is 1. The van der Waals surface area contributed by atoms with Gasteiger partial charge in [-0.3, -0.25) is 4.79 Å². The summed E-state index contributed by atoms with van der Waals surface area (Å²) in [5.74, 6) is 0.179. The van der Waals surface area contributed by atoms with Crippen molar-refractivity contribution in [3.63, 3.8) is 0 Å². The Morgan fingerprint density at radius 2 is 2.25 bits per heavy atom. The molecule has 2 fully saturated rings. The van der Waals surface area contributed by atoms with Crippen LogP contribution in [-0.2, 0) is 4.79 Å². The predicted octanol–water partition coefficient (Wildman–Crippen LogP) is -1.06. The third-order valence-electron chi connectivity index (χ3n) is 2.66. The van der Waals surface area contributed by atoms with E-state index in [1.165, 1.54) is 0 Å². The fourth-order valence-electron chi connectivity index (χ4n) is 1.82. The molecule has 0 aromatic carbocycles. The van der Waals surface area contributed by atoms with E-state index in [0.717, 1.165) is 25.9 Å². The van der Waals surface area contributed by atoms with Gasteiger partial charge in [0, 0.05) is 19.1 Å². The normalized spacial score (nSPS) is 36.4. The van der Waals surface area contributed by atoms with Gasteiger partial charge in [-0.05, 0) is 12.8 Å². The molecule has 0 bridgehead atoms. The van der Waals surface area contributed by atoms with Crippen LogP contribution in [-0.4, -0.2) is 47.7 Å². The highest BCUT2D eigenvalue weighted by Gasteiger charge is 2.35. The number of rotatable bonds is 1. The second-order valence-electron chi connectivity index (χ2n) is 3.54. The van der Waals surface area contributed by atoms with E-state index in [1.54, 1.807) is 0 Å². The molecule has 0 radical (unpaired) electrons. The average Bonchev–Trinajstić information content (AvgIpc) is 2.01. The zero-order valence-corrected chi connectivity index (χ0v) is 6.99. The molecule has 1 heterocycles. The molecule has 1 amide bonds. The van der Waals surface area contributed by atoms with Gasteiger partial charge >= 0.3 is 0 Å². The molecule has 2 rings (SSSR count). The third-order valence-corrected chi connectivity index (χ3v) is 2.66. The molecule has 1 aliphatic carbocycles. The summed E-state index contributed by atoms with van der Waals surface area (Å²) in [6, 6.07) is 0.314. The standard InChI is InChI=1S/C8H14N2O2/c11-7-3-6(4-7)10-2-1-9-5-8(10)12/h6-7,9,11H,1-5H2. The second-order valence-corrected chi connectivity index (χ2v) is 3.54. The molecule has 1 saturated carbocycles. The lowest BCUT2D eigenvalue weighted by molar-refractivity contribution is -0.138. The molecular formula is C8H14N2O2. The van der Waals surface area contributed by atoms with Gasteiger partial charge < -0.3 is 15.3 Å². The lowest BCUT2D eigenvalue weighted by atomic mass is 9.87. The summed E-state index contributed by atoms with van der Waals surface area (Å²) >= 11 is 0. The van der Waals surface area contributed by atoms with Crippen LogP contribution < -0.4 is 5.32 Å². The van der Waals surface area contributed by atoms with Crippen LogP contribution in [0, 0.1) is 0 Å². The molecule has 4 nitrogen and oxygen atoms in total. The van der Waals surface area contributed by atoms with Crippen molar-refractivity contribution in [1.29, 1.82) is 0 Å². The van der Waals surface area contributed by atoms with Gasteiger partial charge in [0.1, 0.15) is 0 Å². The van der Waals surface area contributed by atoms with Gasteiger partial charge in [0.25, 0.3) is 0 Å². The van der Waals surface area contributed by atoms with Gasteiger partial charge in [-0.25, -0.2) is 0 Å². The number of nitrogens with zero attached hydrogens (tertiary/aromatic N) is 1. The Kier molecular flexibility index (Phi) is 2.02. The van der Waals surface area contributed by atoms with E-state index in [0.29, 0.717) is 12.6 Å². The van der Waals surface area contributed by atoms with E-state index in [-0.39, 0.29) is 12.0 Å². The van der Waals surface area contributed by atoms with Gasteiger partial charge in [0.15, 0.2) is 0 Å². The molecular weight excluding hydrogens is 156 g/mol. The highest BCUT2D eigenvalue weighted by atomic mass is 16.3. The lowest BCUT2D eigenvalue weighted by Crippen LogP contribution is -2.57. The lowest BCUT2D eigenvalue weighted by Gasteiger charge is -2.42. The molecule has 4 heteroatoms. The number of aliphatic hydroxyl groups excluding tert-OH is 1. The number of hydrogen-bond acceptors (Lipinski definition) is 3. The van der Waals surface area contributed by atoms with Crippen molar-refractivity contribution < 1.29 is 9.90 Å². The summed E-state index contributed by atoms with van der Waals surface area (Å²) < 4.78 is 0. The van der Waals surface area contributed by atoms with Crippen molar-refractivity contribution in [3.8, 4) is 0 Å². The van der Waals surface area contributed by atoms with E-state index in [9.17, 15) is 4.79 Å². The van der Waals surface area contributed by atoms with E-state index >= 15 is 0 Å². The first-order valence-corrected chi connectivity index (χ1v) is 4.45. The average molecular weight is 170 g/mol. The first kappa shape index (κ1) is 8.01. The Morgan fingerprint density at radius 1 is 1.50 bits per heavy atom. The molecule has 2 aliphatic rings. The van der Waals surface area contributed by atoms with Gasteiger partial charge in [0.2, 0.25) is 5.91 Å². The van der Waals surface area contributed by atoms with Crippen molar-refractivity contribution in [2.75, 3.05) is 19.6 Å². The maximum atomic E-state index is 11.3. The number of amides is 1. The fraction of sp³-hybridized carbons (Fsp3) is 0.875. The van der Waals surface area contributed by atoms with Crippen LogP contribution in [0.2, 0.25) is 0 Å². The zero-order chi connectivity index (χ0) is 8.55. The molecule has 0 atom stereocenters. The van der Waals surface area contributed by atoms with Crippen molar-refractivity contribution in [3.05, 3.63) is 0 Å². The number of hydrogen-bond donors (Lipinski definition) is 2. The van der Waals surface area contributed by atoms with E-state index in [4.69, 9.17) is 5.11 Å². The van der Waals surface area contributed by atoms with Crippen LogP contribution in [0.4, 0.5) is 0 Å². The van der Waals surface area contributed by atoms with Gasteiger partial charge in [-0.15, -0.1) is 0 Å².